The summed E-state index contributed by atoms with van der Waals surface area (Å²) in [6, 6.07) is 14.8. The van der Waals surface area contributed by atoms with Gasteiger partial charge >= 0.3 is 0 Å². The van der Waals surface area contributed by atoms with E-state index in [0.717, 1.165) is 33.2 Å². The number of thiazole rings is 1. The fourth-order valence-electron chi connectivity index (χ4n) is 2.07. The molecule has 0 spiro atoms. The average molecular weight is 338 g/mol. The Bertz CT molecular complexity index is 886. The largest absolute Gasteiger partial charge is 0.322 e. The quantitative estimate of drug-likeness (QED) is 0.521. The molecule has 0 bridgehead atoms. The highest BCUT2D eigenvalue weighted by atomic mass is 32.1. The lowest BCUT2D eigenvalue weighted by atomic mass is 10.2. The van der Waals surface area contributed by atoms with E-state index >= 15 is 0 Å². The molecule has 3 aromatic rings. The number of nitrogens with one attached hydrogen (secondary N) is 2. The van der Waals surface area contributed by atoms with Crippen LogP contribution in [-0.4, -0.2) is 16.6 Å². The number of carbonyl (C=O) groups excluding carboxylic acids is 1. The molecule has 0 aliphatic carbocycles. The third-order valence-electron chi connectivity index (χ3n) is 3.54. The van der Waals surface area contributed by atoms with Gasteiger partial charge in [-0.15, -0.1) is 0 Å². The third-order valence-corrected chi connectivity index (χ3v) is 4.46. The van der Waals surface area contributed by atoms with Crippen LogP contribution in [0.15, 0.2) is 53.6 Å². The first-order chi connectivity index (χ1) is 11.7. The number of benzene rings is 2. The molecule has 2 aromatic carbocycles. The predicted molar refractivity (Wildman–Crippen MR) is 101 cm³/mol. The number of amides is 1. The number of hydrogen-bond acceptors (Lipinski definition) is 5. The van der Waals surface area contributed by atoms with Gasteiger partial charge in [-0.3, -0.25) is 10.2 Å². The Labute approximate surface area is 144 Å². The lowest BCUT2D eigenvalue weighted by Crippen LogP contribution is -2.11. The highest BCUT2D eigenvalue weighted by Gasteiger charge is 2.08. The van der Waals surface area contributed by atoms with Gasteiger partial charge in [0, 0.05) is 17.0 Å². The van der Waals surface area contributed by atoms with Crippen LogP contribution in [0, 0.1) is 0 Å². The van der Waals surface area contributed by atoms with Crippen molar-refractivity contribution in [1.29, 1.82) is 0 Å². The maximum Gasteiger partial charge on any atom is 0.255 e. The molecule has 1 heterocycles. The SMILES string of the molecule is CC/C(C)=N\Nc1nc2ccc(NC(=O)c3ccccc3)cc2s1. The molecule has 0 aliphatic rings. The molecule has 24 heavy (non-hydrogen) atoms. The number of aromatic nitrogens is 1. The van der Waals surface area contributed by atoms with E-state index in [1.54, 1.807) is 12.1 Å². The van der Waals surface area contributed by atoms with Gasteiger partial charge in [0.05, 0.1) is 10.2 Å². The first kappa shape index (κ1) is 16.1. The average Bonchev–Trinajstić information content (AvgIpc) is 3.02. The van der Waals surface area contributed by atoms with Gasteiger partial charge in [0.1, 0.15) is 0 Å². The van der Waals surface area contributed by atoms with Gasteiger partial charge in [-0.1, -0.05) is 36.5 Å². The van der Waals surface area contributed by atoms with Crippen molar-refractivity contribution in [3.63, 3.8) is 0 Å². The summed E-state index contributed by atoms with van der Waals surface area (Å²) in [4.78, 5) is 16.7. The van der Waals surface area contributed by atoms with Crippen molar-refractivity contribution in [3.05, 3.63) is 54.1 Å². The summed E-state index contributed by atoms with van der Waals surface area (Å²) in [5.74, 6) is -0.124. The highest BCUT2D eigenvalue weighted by molar-refractivity contribution is 7.22. The molecule has 2 N–H and O–H groups in total. The molecule has 0 unspecified atom stereocenters. The van der Waals surface area contributed by atoms with Crippen LogP contribution in [0.1, 0.15) is 30.6 Å². The lowest BCUT2D eigenvalue weighted by molar-refractivity contribution is 0.102. The second-order valence-corrected chi connectivity index (χ2v) is 6.36. The van der Waals surface area contributed by atoms with Crippen molar-refractivity contribution >= 4 is 44.0 Å². The predicted octanol–water partition coefficient (Wildman–Crippen LogP) is 4.75. The molecule has 0 radical (unpaired) electrons. The van der Waals surface area contributed by atoms with Crippen molar-refractivity contribution in [2.24, 2.45) is 5.10 Å². The number of fused-ring (bicyclic) bond motifs is 1. The number of anilines is 2. The standard InChI is InChI=1S/C18H18N4OS/c1-3-12(2)21-22-18-20-15-10-9-14(11-16(15)24-18)19-17(23)13-7-5-4-6-8-13/h4-11H,3H2,1-2H3,(H,19,23)(H,20,22)/b21-12-. The second kappa shape index (κ2) is 7.23. The fourth-order valence-corrected chi connectivity index (χ4v) is 2.91. The molecule has 1 amide bonds. The zero-order chi connectivity index (χ0) is 16.9. The van der Waals surface area contributed by atoms with E-state index in [1.165, 1.54) is 11.3 Å². The molecule has 6 heteroatoms. The van der Waals surface area contributed by atoms with Crippen molar-refractivity contribution in [2.75, 3.05) is 10.7 Å². The van der Waals surface area contributed by atoms with Crippen LogP contribution in [0.3, 0.4) is 0 Å². The first-order valence-electron chi connectivity index (χ1n) is 7.72. The van der Waals surface area contributed by atoms with Crippen LogP contribution < -0.4 is 10.7 Å². The molecule has 5 nitrogen and oxygen atoms in total. The minimum atomic E-state index is -0.124. The summed E-state index contributed by atoms with van der Waals surface area (Å²) in [5, 5.41) is 7.91. The van der Waals surface area contributed by atoms with E-state index in [2.05, 4.69) is 27.8 Å². The van der Waals surface area contributed by atoms with Crippen LogP contribution in [0.4, 0.5) is 10.8 Å². The topological polar surface area (TPSA) is 66.4 Å². The first-order valence-corrected chi connectivity index (χ1v) is 8.53. The van der Waals surface area contributed by atoms with Gasteiger partial charge < -0.3 is 5.32 Å². The van der Waals surface area contributed by atoms with Crippen LogP contribution in [-0.2, 0) is 0 Å². The third kappa shape index (κ3) is 3.78. The Hall–Kier alpha value is -2.73. The number of hydrazone groups is 1. The molecule has 1 aromatic heterocycles. The van der Waals surface area contributed by atoms with E-state index in [9.17, 15) is 4.79 Å². The summed E-state index contributed by atoms with van der Waals surface area (Å²) in [6.45, 7) is 4.03. The minimum Gasteiger partial charge on any atom is -0.322 e. The van der Waals surface area contributed by atoms with Gasteiger partial charge in [-0.05, 0) is 43.7 Å². The zero-order valence-corrected chi connectivity index (χ0v) is 14.4. The molecular formula is C18H18N4OS. The van der Waals surface area contributed by atoms with Gasteiger partial charge in [0.25, 0.3) is 5.91 Å². The molecule has 0 fully saturated rings. The van der Waals surface area contributed by atoms with Crippen molar-refractivity contribution in [1.82, 2.24) is 4.98 Å². The normalized spacial score (nSPS) is 11.5. The Morgan fingerprint density at radius 1 is 1.21 bits per heavy atom. The highest BCUT2D eigenvalue weighted by Crippen LogP contribution is 2.28. The van der Waals surface area contributed by atoms with Crippen molar-refractivity contribution in [2.45, 2.75) is 20.3 Å². The number of carbonyl (C=O) groups is 1. The van der Waals surface area contributed by atoms with Crippen molar-refractivity contribution < 1.29 is 4.79 Å². The van der Waals surface area contributed by atoms with Crippen LogP contribution in [0.2, 0.25) is 0 Å². The number of hydrogen-bond donors (Lipinski definition) is 2. The number of rotatable bonds is 5. The summed E-state index contributed by atoms with van der Waals surface area (Å²) >= 11 is 1.51. The van der Waals surface area contributed by atoms with Gasteiger partial charge in [0.2, 0.25) is 5.13 Å². The molecule has 0 aliphatic heterocycles. The smallest absolute Gasteiger partial charge is 0.255 e. The van der Waals surface area contributed by atoms with Crippen molar-refractivity contribution in [3.8, 4) is 0 Å². The van der Waals surface area contributed by atoms with E-state index in [-0.39, 0.29) is 5.91 Å². The maximum atomic E-state index is 12.2. The second-order valence-electron chi connectivity index (χ2n) is 5.33. The van der Waals surface area contributed by atoms with E-state index < -0.39 is 0 Å². The Balaban J connectivity index is 1.77. The van der Waals surface area contributed by atoms with Crippen LogP contribution >= 0.6 is 11.3 Å². The van der Waals surface area contributed by atoms with Gasteiger partial charge in [0.15, 0.2) is 0 Å². The number of nitrogens with zero attached hydrogens (tertiary/aromatic N) is 2. The molecule has 122 valence electrons. The molecule has 0 saturated heterocycles. The Morgan fingerprint density at radius 2 is 2.00 bits per heavy atom. The summed E-state index contributed by atoms with van der Waals surface area (Å²) in [7, 11) is 0. The molecular weight excluding hydrogens is 320 g/mol. The molecule has 0 saturated carbocycles. The van der Waals surface area contributed by atoms with E-state index in [4.69, 9.17) is 0 Å². The monoisotopic (exact) mass is 338 g/mol. The Kier molecular flexibility index (Phi) is 4.86. The maximum absolute atomic E-state index is 12.2. The van der Waals surface area contributed by atoms with E-state index in [0.29, 0.717) is 5.56 Å². The lowest BCUT2D eigenvalue weighted by Gasteiger charge is -2.04. The fraction of sp³-hybridized carbons (Fsp3) is 0.167. The Morgan fingerprint density at radius 3 is 2.75 bits per heavy atom. The summed E-state index contributed by atoms with van der Waals surface area (Å²) < 4.78 is 0.993. The van der Waals surface area contributed by atoms with E-state index in [1.807, 2.05) is 43.3 Å². The molecule has 0 atom stereocenters. The van der Waals surface area contributed by atoms with Gasteiger partial charge in [-0.2, -0.15) is 5.10 Å². The van der Waals surface area contributed by atoms with Crippen LogP contribution in [0.25, 0.3) is 10.2 Å². The zero-order valence-electron chi connectivity index (χ0n) is 13.5. The van der Waals surface area contributed by atoms with Crippen LogP contribution in [0.5, 0.6) is 0 Å². The summed E-state index contributed by atoms with van der Waals surface area (Å²) in [5.41, 5.74) is 6.26. The summed E-state index contributed by atoms with van der Waals surface area (Å²) in [6.07, 6.45) is 0.896. The minimum absolute atomic E-state index is 0.124. The molecule has 3 rings (SSSR count). The van der Waals surface area contributed by atoms with Gasteiger partial charge in [-0.25, -0.2) is 4.98 Å².